The van der Waals surface area contributed by atoms with Crippen LogP contribution in [0.3, 0.4) is 0 Å². The van der Waals surface area contributed by atoms with Crippen LogP contribution in [-0.4, -0.2) is 33.8 Å². The molecule has 1 amide bonds. The van der Waals surface area contributed by atoms with Gasteiger partial charge in [0.1, 0.15) is 0 Å². The fourth-order valence-electron chi connectivity index (χ4n) is 3.70. The number of ether oxygens (including phenoxy) is 1. The number of aliphatic hydroxyl groups excluding tert-OH is 1. The van der Waals surface area contributed by atoms with Crippen LogP contribution in [0.15, 0.2) is 59.9 Å². The molecule has 1 aliphatic heterocycles. The maximum absolute atomic E-state index is 12.9. The van der Waals surface area contributed by atoms with Gasteiger partial charge in [0.2, 0.25) is 0 Å². The zero-order valence-corrected chi connectivity index (χ0v) is 18.2. The van der Waals surface area contributed by atoms with Crippen molar-refractivity contribution in [2.75, 3.05) is 0 Å². The summed E-state index contributed by atoms with van der Waals surface area (Å²) in [6, 6.07) is 13.7. The number of benzene rings is 2. The number of rotatable bonds is 7. The average molecular weight is 421 g/mol. The summed E-state index contributed by atoms with van der Waals surface area (Å²) < 4.78 is 5.20. The second kappa shape index (κ2) is 9.16. The van der Waals surface area contributed by atoms with E-state index in [4.69, 9.17) is 4.74 Å². The van der Waals surface area contributed by atoms with Crippen molar-refractivity contribution in [3.05, 3.63) is 82.1 Å². The van der Waals surface area contributed by atoms with Crippen LogP contribution in [0.4, 0.5) is 0 Å². The predicted molar refractivity (Wildman–Crippen MR) is 116 cm³/mol. The first-order valence-electron chi connectivity index (χ1n) is 10.4. The molecule has 1 N–H and O–H groups in total. The highest BCUT2D eigenvalue weighted by Gasteiger charge is 2.42. The topological polar surface area (TPSA) is 83.9 Å². The minimum atomic E-state index is -0.662. The molecule has 0 fully saturated rings. The van der Waals surface area contributed by atoms with E-state index in [9.17, 15) is 19.5 Å². The number of hydrogen-bond donors (Lipinski definition) is 1. The molecule has 0 radical (unpaired) electrons. The molecule has 0 aromatic heterocycles. The molecule has 1 unspecified atom stereocenters. The molecule has 3 rings (SSSR count). The standard InChI is InChI=1S/C25H27NO5/c1-5-20(27)21-22(19-8-6-7-16(4)13-19)26(24(29)23(21)28)14-17-9-11-18(12-10-17)25(30)31-15(2)3/h6-13,15,22,28H,5,14H2,1-4H3. The van der Waals surface area contributed by atoms with E-state index >= 15 is 0 Å². The van der Waals surface area contributed by atoms with Gasteiger partial charge in [-0.3, -0.25) is 9.59 Å². The Hall–Kier alpha value is -3.41. The molecule has 1 aliphatic rings. The van der Waals surface area contributed by atoms with Crippen LogP contribution in [-0.2, 0) is 20.9 Å². The van der Waals surface area contributed by atoms with Crippen molar-refractivity contribution in [1.29, 1.82) is 0 Å². The Morgan fingerprint density at radius 2 is 1.81 bits per heavy atom. The Morgan fingerprint density at radius 1 is 1.13 bits per heavy atom. The maximum Gasteiger partial charge on any atom is 0.338 e. The quantitative estimate of drug-likeness (QED) is 0.669. The summed E-state index contributed by atoms with van der Waals surface area (Å²) in [5, 5.41) is 10.5. The first-order chi connectivity index (χ1) is 14.7. The van der Waals surface area contributed by atoms with Crippen LogP contribution in [0.1, 0.15) is 60.3 Å². The molecule has 0 saturated carbocycles. The normalized spacial score (nSPS) is 16.2. The number of Topliss-reactive ketones (excluding diaryl/α,β-unsaturated/α-hetero) is 1. The zero-order chi connectivity index (χ0) is 22.7. The number of ketones is 1. The molecular weight excluding hydrogens is 394 g/mol. The Morgan fingerprint density at radius 3 is 2.39 bits per heavy atom. The first kappa shape index (κ1) is 22.3. The number of hydrogen-bond acceptors (Lipinski definition) is 5. The van der Waals surface area contributed by atoms with Gasteiger partial charge in [0.25, 0.3) is 5.91 Å². The number of carbonyl (C=O) groups is 3. The predicted octanol–water partition coefficient (Wildman–Crippen LogP) is 4.43. The Labute approximate surface area is 182 Å². The van der Waals surface area contributed by atoms with Crippen LogP contribution < -0.4 is 0 Å². The van der Waals surface area contributed by atoms with E-state index in [1.165, 1.54) is 4.90 Å². The summed E-state index contributed by atoms with van der Waals surface area (Å²) in [6.45, 7) is 7.39. The van der Waals surface area contributed by atoms with Crippen LogP contribution >= 0.6 is 0 Å². The lowest BCUT2D eigenvalue weighted by atomic mass is 9.94. The SMILES string of the molecule is CCC(=O)C1=C(O)C(=O)N(Cc2ccc(C(=O)OC(C)C)cc2)C1c1cccc(C)c1. The number of nitrogens with zero attached hydrogens (tertiary/aromatic N) is 1. The number of esters is 1. The van der Waals surface area contributed by atoms with Crippen molar-refractivity contribution < 1.29 is 24.2 Å². The van der Waals surface area contributed by atoms with Gasteiger partial charge >= 0.3 is 5.97 Å². The van der Waals surface area contributed by atoms with Gasteiger partial charge in [-0.05, 0) is 44.0 Å². The lowest BCUT2D eigenvalue weighted by Crippen LogP contribution is -2.30. The maximum atomic E-state index is 12.9. The smallest absolute Gasteiger partial charge is 0.338 e. The van der Waals surface area contributed by atoms with Gasteiger partial charge in [-0.25, -0.2) is 4.79 Å². The van der Waals surface area contributed by atoms with Gasteiger partial charge in [-0.2, -0.15) is 0 Å². The summed E-state index contributed by atoms with van der Waals surface area (Å²) in [7, 11) is 0. The van der Waals surface area contributed by atoms with Crippen LogP contribution in [0.5, 0.6) is 0 Å². The van der Waals surface area contributed by atoms with Crippen molar-refractivity contribution in [1.82, 2.24) is 4.90 Å². The van der Waals surface area contributed by atoms with Crippen LogP contribution in [0.25, 0.3) is 0 Å². The highest BCUT2D eigenvalue weighted by atomic mass is 16.5. The first-order valence-corrected chi connectivity index (χ1v) is 10.4. The van der Waals surface area contributed by atoms with E-state index in [0.717, 1.165) is 16.7 Å². The summed E-state index contributed by atoms with van der Waals surface area (Å²) in [5.41, 5.74) is 3.09. The fraction of sp³-hybridized carbons (Fsp3) is 0.320. The number of aryl methyl sites for hydroxylation is 1. The molecule has 1 heterocycles. The van der Waals surface area contributed by atoms with Crippen molar-refractivity contribution in [2.24, 2.45) is 0 Å². The van der Waals surface area contributed by atoms with Crippen molar-refractivity contribution in [2.45, 2.75) is 52.8 Å². The lowest BCUT2D eigenvalue weighted by molar-refractivity contribution is -0.130. The summed E-state index contributed by atoms with van der Waals surface area (Å²) in [5.74, 6) is -1.74. The molecule has 2 aromatic carbocycles. The van der Waals surface area contributed by atoms with Crippen molar-refractivity contribution in [3.8, 4) is 0 Å². The molecule has 0 aliphatic carbocycles. The van der Waals surface area contributed by atoms with Crippen LogP contribution in [0, 0.1) is 6.92 Å². The molecule has 0 bridgehead atoms. The summed E-state index contributed by atoms with van der Waals surface area (Å²) >= 11 is 0. The van der Waals surface area contributed by atoms with Gasteiger partial charge in [0.15, 0.2) is 11.5 Å². The highest BCUT2D eigenvalue weighted by Crippen LogP contribution is 2.39. The zero-order valence-electron chi connectivity index (χ0n) is 18.2. The fourth-order valence-corrected chi connectivity index (χ4v) is 3.70. The van der Waals surface area contributed by atoms with E-state index in [0.29, 0.717) is 5.56 Å². The third-order valence-electron chi connectivity index (χ3n) is 5.17. The summed E-state index contributed by atoms with van der Waals surface area (Å²) in [4.78, 5) is 39.0. The Balaban J connectivity index is 1.93. The van der Waals surface area contributed by atoms with Gasteiger partial charge in [0, 0.05) is 13.0 Å². The molecule has 6 nitrogen and oxygen atoms in total. The molecule has 6 heteroatoms. The van der Waals surface area contributed by atoms with Gasteiger partial charge in [-0.15, -0.1) is 0 Å². The Kier molecular flexibility index (Phi) is 6.59. The van der Waals surface area contributed by atoms with E-state index in [-0.39, 0.29) is 30.4 Å². The van der Waals surface area contributed by atoms with E-state index in [1.54, 1.807) is 45.0 Å². The highest BCUT2D eigenvalue weighted by molar-refractivity contribution is 6.08. The molecule has 0 saturated heterocycles. The van der Waals surface area contributed by atoms with E-state index < -0.39 is 23.7 Å². The van der Waals surface area contributed by atoms with Gasteiger partial charge in [0.05, 0.1) is 23.3 Å². The van der Waals surface area contributed by atoms with Crippen molar-refractivity contribution >= 4 is 17.7 Å². The van der Waals surface area contributed by atoms with Crippen LogP contribution in [0.2, 0.25) is 0 Å². The number of carbonyl (C=O) groups excluding carboxylic acids is 3. The molecule has 1 atom stereocenters. The average Bonchev–Trinajstić information content (AvgIpc) is 2.98. The van der Waals surface area contributed by atoms with E-state index in [1.807, 2.05) is 31.2 Å². The number of amides is 1. The minimum absolute atomic E-state index is 0.134. The van der Waals surface area contributed by atoms with Gasteiger partial charge < -0.3 is 14.7 Å². The van der Waals surface area contributed by atoms with E-state index in [2.05, 4.69) is 0 Å². The second-order valence-electron chi connectivity index (χ2n) is 7.94. The van der Waals surface area contributed by atoms with Crippen molar-refractivity contribution in [3.63, 3.8) is 0 Å². The number of aliphatic hydroxyl groups is 1. The second-order valence-corrected chi connectivity index (χ2v) is 7.94. The molecule has 0 spiro atoms. The third kappa shape index (κ3) is 4.68. The Bertz CT molecular complexity index is 1040. The molecule has 162 valence electrons. The lowest BCUT2D eigenvalue weighted by Gasteiger charge is -2.27. The molecule has 2 aromatic rings. The minimum Gasteiger partial charge on any atom is -0.503 e. The largest absolute Gasteiger partial charge is 0.503 e. The third-order valence-corrected chi connectivity index (χ3v) is 5.17. The summed E-state index contributed by atoms with van der Waals surface area (Å²) in [6.07, 6.45) is -0.0248. The molecule has 31 heavy (non-hydrogen) atoms. The monoisotopic (exact) mass is 421 g/mol. The molecular formula is C25H27NO5. The van der Waals surface area contributed by atoms with Gasteiger partial charge in [-0.1, -0.05) is 48.9 Å².